The molecule has 2 rings (SSSR count). The lowest BCUT2D eigenvalue weighted by Gasteiger charge is -2.08. The summed E-state index contributed by atoms with van der Waals surface area (Å²) in [7, 11) is -1.69. The average molecular weight is 313 g/mol. The summed E-state index contributed by atoms with van der Waals surface area (Å²) in [5.41, 5.74) is 0.834. The van der Waals surface area contributed by atoms with Crippen molar-refractivity contribution < 1.29 is 13.2 Å². The van der Waals surface area contributed by atoms with Crippen LogP contribution in [0.15, 0.2) is 18.3 Å². The van der Waals surface area contributed by atoms with Crippen LogP contribution in [0.2, 0.25) is 0 Å². The highest BCUT2D eigenvalue weighted by Gasteiger charge is 2.19. The van der Waals surface area contributed by atoms with E-state index in [0.29, 0.717) is 18.3 Å². The molecule has 0 spiro atoms. The van der Waals surface area contributed by atoms with Gasteiger partial charge < -0.3 is 10.1 Å². The quantitative estimate of drug-likeness (QED) is 0.631. The van der Waals surface area contributed by atoms with Crippen LogP contribution in [0.4, 0.5) is 0 Å². The summed E-state index contributed by atoms with van der Waals surface area (Å²) in [4.78, 5) is 3.99. The maximum Gasteiger partial charge on any atom is 0.213 e. The van der Waals surface area contributed by atoms with Crippen LogP contribution in [0, 0.1) is 0 Å². The first kappa shape index (κ1) is 16.2. The minimum Gasteiger partial charge on any atom is -0.481 e. The van der Waals surface area contributed by atoms with Crippen LogP contribution < -0.4 is 14.8 Å². The van der Waals surface area contributed by atoms with Crippen molar-refractivity contribution in [1.82, 2.24) is 15.0 Å². The van der Waals surface area contributed by atoms with E-state index < -0.39 is 10.0 Å². The zero-order valence-corrected chi connectivity index (χ0v) is 13.2. The van der Waals surface area contributed by atoms with Crippen molar-refractivity contribution in [3.63, 3.8) is 0 Å². The molecule has 2 N–H and O–H groups in total. The predicted molar refractivity (Wildman–Crippen MR) is 81.7 cm³/mol. The molecule has 0 bridgehead atoms. The smallest absolute Gasteiger partial charge is 0.213 e. The van der Waals surface area contributed by atoms with Crippen LogP contribution in [0.25, 0.3) is 0 Å². The molecule has 0 aromatic carbocycles. The summed E-state index contributed by atoms with van der Waals surface area (Å²) in [5.74, 6) is 0.652. The van der Waals surface area contributed by atoms with Crippen molar-refractivity contribution in [3.05, 3.63) is 23.9 Å². The van der Waals surface area contributed by atoms with Gasteiger partial charge in [-0.15, -0.1) is 0 Å². The number of hydrogen-bond donors (Lipinski definition) is 2. The van der Waals surface area contributed by atoms with E-state index in [0.717, 1.165) is 18.5 Å². The summed E-state index contributed by atoms with van der Waals surface area (Å²) in [6.45, 7) is 1.17. The van der Waals surface area contributed by atoms with Gasteiger partial charge in [-0.25, -0.2) is 18.1 Å². The van der Waals surface area contributed by atoms with E-state index in [-0.39, 0.29) is 12.3 Å². The van der Waals surface area contributed by atoms with Gasteiger partial charge in [-0.3, -0.25) is 0 Å². The molecule has 1 aliphatic carbocycles. The van der Waals surface area contributed by atoms with Gasteiger partial charge in [0.1, 0.15) is 0 Å². The molecule has 7 heteroatoms. The van der Waals surface area contributed by atoms with E-state index in [1.807, 2.05) is 0 Å². The van der Waals surface area contributed by atoms with Gasteiger partial charge in [0.25, 0.3) is 0 Å². The molecular weight excluding hydrogens is 290 g/mol. The Hall–Kier alpha value is -1.18. The minimum absolute atomic E-state index is 0.168. The topological polar surface area (TPSA) is 80.3 Å². The molecular formula is C14H23N3O3S. The molecule has 1 fully saturated rings. The third kappa shape index (κ3) is 6.41. The fourth-order valence-electron chi connectivity index (χ4n) is 1.95. The van der Waals surface area contributed by atoms with Crippen LogP contribution in [-0.4, -0.2) is 38.9 Å². The third-order valence-corrected chi connectivity index (χ3v) is 4.77. The molecule has 0 atom stereocenters. The first-order valence-corrected chi connectivity index (χ1v) is 8.94. The molecule has 0 amide bonds. The van der Waals surface area contributed by atoms with Gasteiger partial charge in [-0.05, 0) is 43.9 Å². The molecule has 1 heterocycles. The number of nitrogens with one attached hydrogen (secondary N) is 2. The third-order valence-electron chi connectivity index (χ3n) is 3.35. The number of ether oxygens (including phenoxy) is 1. The Balaban J connectivity index is 1.67. The van der Waals surface area contributed by atoms with Gasteiger partial charge in [-0.2, -0.15) is 0 Å². The van der Waals surface area contributed by atoms with Gasteiger partial charge in [0.05, 0.1) is 12.9 Å². The molecule has 0 aliphatic heterocycles. The van der Waals surface area contributed by atoms with Crippen molar-refractivity contribution in [1.29, 1.82) is 0 Å². The fraction of sp³-hybridized carbons (Fsp3) is 0.643. The summed E-state index contributed by atoms with van der Waals surface area (Å²) in [6, 6.07) is 4.17. The Labute approximate surface area is 126 Å². The minimum atomic E-state index is -3.22. The number of nitrogens with zero attached hydrogens (tertiary/aromatic N) is 1. The van der Waals surface area contributed by atoms with E-state index in [4.69, 9.17) is 4.74 Å². The molecule has 118 valence electrons. The first-order valence-electron chi connectivity index (χ1n) is 7.29. The zero-order valence-electron chi connectivity index (χ0n) is 12.3. The molecule has 1 aliphatic rings. The van der Waals surface area contributed by atoms with Gasteiger partial charge >= 0.3 is 0 Å². The predicted octanol–water partition coefficient (Wildman–Crippen LogP) is 1.04. The number of hydrogen-bond acceptors (Lipinski definition) is 5. The molecule has 1 aromatic heterocycles. The Bertz CT molecular complexity index is 544. The second kappa shape index (κ2) is 7.72. The lowest BCUT2D eigenvalue weighted by atomic mass is 10.3. The average Bonchev–Trinajstić information content (AvgIpc) is 3.29. The van der Waals surface area contributed by atoms with Crippen molar-refractivity contribution in [2.24, 2.45) is 0 Å². The highest BCUT2D eigenvalue weighted by Crippen LogP contribution is 2.18. The van der Waals surface area contributed by atoms with Crippen LogP contribution in [0.3, 0.4) is 0 Å². The highest BCUT2D eigenvalue weighted by molar-refractivity contribution is 7.89. The molecule has 1 aromatic rings. The second-order valence-electron chi connectivity index (χ2n) is 5.28. The number of methoxy groups -OCH3 is 1. The lowest BCUT2D eigenvalue weighted by Crippen LogP contribution is -2.26. The lowest BCUT2D eigenvalue weighted by molar-refractivity contribution is 0.397. The number of sulfonamides is 1. The Morgan fingerprint density at radius 2 is 2.19 bits per heavy atom. The van der Waals surface area contributed by atoms with Crippen LogP contribution >= 0.6 is 0 Å². The summed E-state index contributed by atoms with van der Waals surface area (Å²) in [6.07, 6.45) is 5.69. The maximum atomic E-state index is 11.9. The van der Waals surface area contributed by atoms with Gasteiger partial charge in [0.2, 0.25) is 15.9 Å². The Morgan fingerprint density at radius 3 is 2.90 bits per heavy atom. The van der Waals surface area contributed by atoms with Crippen LogP contribution in [0.1, 0.15) is 31.2 Å². The molecule has 21 heavy (non-hydrogen) atoms. The highest BCUT2D eigenvalue weighted by atomic mass is 32.2. The van der Waals surface area contributed by atoms with Gasteiger partial charge in [-0.1, -0.05) is 0 Å². The zero-order chi connectivity index (χ0) is 15.1. The number of pyridine rings is 1. The second-order valence-corrected chi connectivity index (χ2v) is 7.21. The first-order chi connectivity index (χ1) is 10.1. The SMILES string of the molecule is COc1cc(CNS(=O)(=O)CCCCNC2CC2)ccn1. The molecule has 0 radical (unpaired) electrons. The van der Waals surface area contributed by atoms with Gasteiger partial charge in [0.15, 0.2) is 0 Å². The standard InChI is InChI=1S/C14H23N3O3S/c1-20-14-10-12(6-8-16-14)11-17-21(18,19)9-3-2-7-15-13-4-5-13/h6,8,10,13,15,17H,2-5,7,9,11H2,1H3. The van der Waals surface area contributed by atoms with E-state index in [9.17, 15) is 8.42 Å². The van der Waals surface area contributed by atoms with E-state index in [1.54, 1.807) is 18.3 Å². The molecule has 1 saturated carbocycles. The Morgan fingerprint density at radius 1 is 1.38 bits per heavy atom. The van der Waals surface area contributed by atoms with Gasteiger partial charge in [0, 0.05) is 24.8 Å². The Kier molecular flexibility index (Phi) is 5.96. The largest absolute Gasteiger partial charge is 0.481 e. The molecule has 0 saturated heterocycles. The summed E-state index contributed by atoms with van der Waals surface area (Å²) >= 11 is 0. The van der Waals surface area contributed by atoms with Crippen LogP contribution in [-0.2, 0) is 16.6 Å². The van der Waals surface area contributed by atoms with E-state index in [2.05, 4.69) is 15.0 Å². The van der Waals surface area contributed by atoms with Crippen molar-refractivity contribution >= 4 is 10.0 Å². The maximum absolute atomic E-state index is 11.9. The fourth-order valence-corrected chi connectivity index (χ4v) is 3.06. The normalized spacial score (nSPS) is 15.1. The summed E-state index contributed by atoms with van der Waals surface area (Å²) in [5, 5.41) is 3.38. The number of rotatable bonds is 10. The molecule has 6 nitrogen and oxygen atoms in total. The monoisotopic (exact) mass is 313 g/mol. The van der Waals surface area contributed by atoms with Crippen molar-refractivity contribution in [3.8, 4) is 5.88 Å². The number of aromatic nitrogens is 1. The van der Waals surface area contributed by atoms with Crippen molar-refractivity contribution in [2.45, 2.75) is 38.3 Å². The number of unbranched alkanes of at least 4 members (excludes halogenated alkanes) is 1. The van der Waals surface area contributed by atoms with E-state index in [1.165, 1.54) is 20.0 Å². The van der Waals surface area contributed by atoms with E-state index >= 15 is 0 Å². The van der Waals surface area contributed by atoms with Crippen LogP contribution in [0.5, 0.6) is 5.88 Å². The summed E-state index contributed by atoms with van der Waals surface area (Å²) < 4.78 is 31.4. The van der Waals surface area contributed by atoms with Crippen molar-refractivity contribution in [2.75, 3.05) is 19.4 Å². The molecule has 0 unspecified atom stereocenters.